The summed E-state index contributed by atoms with van der Waals surface area (Å²) in [6.45, 7) is 1.27. The van der Waals surface area contributed by atoms with Crippen LogP contribution in [0.1, 0.15) is 24.0 Å². The van der Waals surface area contributed by atoms with Crippen LogP contribution in [0.3, 0.4) is 0 Å². The van der Waals surface area contributed by atoms with E-state index >= 15 is 0 Å². The summed E-state index contributed by atoms with van der Waals surface area (Å²) in [5, 5.41) is 2.96. The molecule has 0 unspecified atom stereocenters. The fraction of sp³-hybridized carbons (Fsp3) is 0.217. The summed E-state index contributed by atoms with van der Waals surface area (Å²) < 4.78 is 2.03. The normalized spacial score (nSPS) is 13.7. The molecule has 3 aromatic rings. The zero-order valence-corrected chi connectivity index (χ0v) is 15.7. The lowest BCUT2D eigenvalue weighted by Crippen LogP contribution is -2.25. The Balaban J connectivity index is 1.29. The average Bonchev–Trinajstić information content (AvgIpc) is 3.39. The summed E-state index contributed by atoms with van der Waals surface area (Å²) in [4.78, 5) is 25.9. The molecule has 2 aromatic carbocycles. The summed E-state index contributed by atoms with van der Waals surface area (Å²) in [5.41, 5.74) is 4.01. The van der Waals surface area contributed by atoms with Crippen molar-refractivity contribution in [2.24, 2.45) is 0 Å². The maximum atomic E-state index is 12.2. The first-order valence-electron chi connectivity index (χ1n) is 9.57. The Morgan fingerprint density at radius 1 is 0.893 bits per heavy atom. The number of hydrogen-bond donors (Lipinski definition) is 1. The predicted molar refractivity (Wildman–Crippen MR) is 109 cm³/mol. The van der Waals surface area contributed by atoms with Gasteiger partial charge in [-0.25, -0.2) is 0 Å². The molecular formula is C23H23N3O2. The molecule has 0 aliphatic carbocycles. The topological polar surface area (TPSA) is 54.3 Å². The minimum absolute atomic E-state index is 0.00693. The number of benzene rings is 2. The molecule has 5 nitrogen and oxygen atoms in total. The van der Waals surface area contributed by atoms with E-state index in [2.05, 4.69) is 5.32 Å². The Morgan fingerprint density at radius 2 is 1.54 bits per heavy atom. The maximum Gasteiger partial charge on any atom is 0.227 e. The summed E-state index contributed by atoms with van der Waals surface area (Å²) >= 11 is 0. The van der Waals surface area contributed by atoms with Gasteiger partial charge in [0.1, 0.15) is 0 Å². The highest BCUT2D eigenvalue weighted by Gasteiger charge is 2.21. The van der Waals surface area contributed by atoms with Crippen molar-refractivity contribution in [1.82, 2.24) is 9.88 Å². The van der Waals surface area contributed by atoms with Gasteiger partial charge in [-0.05, 0) is 53.9 Å². The van der Waals surface area contributed by atoms with Gasteiger partial charge < -0.3 is 14.8 Å². The molecule has 1 aliphatic rings. The Hall–Kier alpha value is -3.34. The van der Waals surface area contributed by atoms with Crippen molar-refractivity contribution < 1.29 is 9.59 Å². The second kappa shape index (κ2) is 8.13. The van der Waals surface area contributed by atoms with Crippen molar-refractivity contribution in [3.63, 3.8) is 0 Å². The molecule has 1 fully saturated rings. The van der Waals surface area contributed by atoms with Crippen LogP contribution in [-0.4, -0.2) is 22.9 Å². The minimum Gasteiger partial charge on any atom is -0.352 e. The van der Waals surface area contributed by atoms with Gasteiger partial charge in [0, 0.05) is 43.3 Å². The molecular weight excluding hydrogens is 350 g/mol. The van der Waals surface area contributed by atoms with Crippen molar-refractivity contribution in [2.75, 3.05) is 11.4 Å². The molecule has 0 bridgehead atoms. The molecule has 2 heterocycles. The van der Waals surface area contributed by atoms with Crippen LogP contribution in [0, 0.1) is 0 Å². The molecule has 5 heteroatoms. The van der Waals surface area contributed by atoms with Gasteiger partial charge in [0.2, 0.25) is 11.8 Å². The Bertz CT molecular complexity index is 945. The third kappa shape index (κ3) is 4.14. The summed E-state index contributed by atoms with van der Waals surface area (Å²) in [7, 11) is 0. The van der Waals surface area contributed by atoms with Crippen molar-refractivity contribution in [1.29, 1.82) is 0 Å². The van der Waals surface area contributed by atoms with Crippen LogP contribution < -0.4 is 10.2 Å². The highest BCUT2D eigenvalue weighted by molar-refractivity contribution is 5.95. The molecule has 0 saturated carbocycles. The van der Waals surface area contributed by atoms with Crippen molar-refractivity contribution in [3.05, 3.63) is 84.2 Å². The van der Waals surface area contributed by atoms with E-state index in [-0.39, 0.29) is 11.8 Å². The molecule has 4 rings (SSSR count). The molecule has 1 N–H and O–H groups in total. The molecule has 1 saturated heterocycles. The Morgan fingerprint density at radius 3 is 2.18 bits per heavy atom. The number of hydrogen-bond acceptors (Lipinski definition) is 2. The van der Waals surface area contributed by atoms with Crippen molar-refractivity contribution >= 4 is 17.5 Å². The second-order valence-corrected chi connectivity index (χ2v) is 7.03. The number of aromatic nitrogens is 1. The van der Waals surface area contributed by atoms with E-state index in [0.717, 1.165) is 35.5 Å². The van der Waals surface area contributed by atoms with Gasteiger partial charge in [0.15, 0.2) is 0 Å². The highest BCUT2D eigenvalue weighted by Crippen LogP contribution is 2.21. The number of nitrogens with zero attached hydrogens (tertiary/aromatic N) is 2. The first kappa shape index (κ1) is 18.0. The van der Waals surface area contributed by atoms with Gasteiger partial charge >= 0.3 is 0 Å². The predicted octanol–water partition coefficient (Wildman–Crippen LogP) is 3.46. The number of anilines is 1. The fourth-order valence-corrected chi connectivity index (χ4v) is 3.46. The smallest absolute Gasteiger partial charge is 0.227 e. The molecule has 2 amide bonds. The first-order chi connectivity index (χ1) is 13.7. The van der Waals surface area contributed by atoms with E-state index < -0.39 is 0 Å². The van der Waals surface area contributed by atoms with E-state index in [9.17, 15) is 9.59 Å². The number of nitrogens with one attached hydrogen (secondary N) is 1. The third-order valence-electron chi connectivity index (χ3n) is 5.01. The highest BCUT2D eigenvalue weighted by atomic mass is 16.2. The number of amides is 2. The quantitative estimate of drug-likeness (QED) is 0.719. The summed E-state index contributed by atoms with van der Waals surface area (Å²) in [6.07, 6.45) is 5.89. The Kier molecular flexibility index (Phi) is 5.24. The molecule has 1 aromatic heterocycles. The van der Waals surface area contributed by atoms with Crippen LogP contribution in [0.2, 0.25) is 0 Å². The summed E-state index contributed by atoms with van der Waals surface area (Å²) in [6, 6.07) is 19.8. The lowest BCUT2D eigenvalue weighted by atomic mass is 10.1. The van der Waals surface area contributed by atoms with Crippen LogP contribution in [0.4, 0.5) is 5.69 Å². The summed E-state index contributed by atoms with van der Waals surface area (Å²) in [5.74, 6) is 0.177. The zero-order chi connectivity index (χ0) is 19.3. The largest absolute Gasteiger partial charge is 0.352 e. The van der Waals surface area contributed by atoms with Crippen LogP contribution in [0.15, 0.2) is 73.1 Å². The van der Waals surface area contributed by atoms with Crippen molar-refractivity contribution in [2.45, 2.75) is 25.8 Å². The molecule has 142 valence electrons. The molecule has 1 aliphatic heterocycles. The Labute approximate surface area is 164 Å². The van der Waals surface area contributed by atoms with E-state index in [1.165, 1.54) is 0 Å². The van der Waals surface area contributed by atoms with Crippen LogP contribution in [-0.2, 0) is 22.6 Å². The fourth-order valence-electron chi connectivity index (χ4n) is 3.46. The minimum atomic E-state index is -0.00693. The standard InChI is InChI=1S/C23H23N3O2/c27-22(16-18-5-9-20(10-6-18)25-13-1-2-14-25)24-17-19-7-11-21(12-8-19)26-15-3-4-23(26)28/h1-2,5-14H,3-4,15-17H2,(H,24,27). The monoisotopic (exact) mass is 373 g/mol. The van der Waals surface area contributed by atoms with E-state index in [1.807, 2.05) is 82.5 Å². The number of carbonyl (C=O) groups excluding carboxylic acids is 2. The lowest BCUT2D eigenvalue weighted by molar-refractivity contribution is -0.120. The average molecular weight is 373 g/mol. The van der Waals surface area contributed by atoms with E-state index in [1.54, 1.807) is 0 Å². The maximum absolute atomic E-state index is 12.2. The molecule has 28 heavy (non-hydrogen) atoms. The van der Waals surface area contributed by atoms with Crippen LogP contribution >= 0.6 is 0 Å². The van der Waals surface area contributed by atoms with Crippen LogP contribution in [0.25, 0.3) is 5.69 Å². The second-order valence-electron chi connectivity index (χ2n) is 7.03. The van der Waals surface area contributed by atoms with Gasteiger partial charge in [-0.2, -0.15) is 0 Å². The van der Waals surface area contributed by atoms with Gasteiger partial charge in [0.25, 0.3) is 0 Å². The van der Waals surface area contributed by atoms with Gasteiger partial charge in [-0.15, -0.1) is 0 Å². The molecule has 0 spiro atoms. The molecule has 0 radical (unpaired) electrons. The lowest BCUT2D eigenvalue weighted by Gasteiger charge is -2.16. The number of carbonyl (C=O) groups is 2. The first-order valence-corrected chi connectivity index (χ1v) is 9.57. The van der Waals surface area contributed by atoms with Crippen LogP contribution in [0.5, 0.6) is 0 Å². The van der Waals surface area contributed by atoms with Gasteiger partial charge in [-0.3, -0.25) is 9.59 Å². The van der Waals surface area contributed by atoms with Crippen molar-refractivity contribution in [3.8, 4) is 5.69 Å². The van der Waals surface area contributed by atoms with Gasteiger partial charge in [-0.1, -0.05) is 24.3 Å². The molecule has 0 atom stereocenters. The number of rotatable bonds is 6. The zero-order valence-electron chi connectivity index (χ0n) is 15.7. The van der Waals surface area contributed by atoms with E-state index in [4.69, 9.17) is 0 Å². The van der Waals surface area contributed by atoms with Gasteiger partial charge in [0.05, 0.1) is 6.42 Å². The SMILES string of the molecule is O=C(Cc1ccc(-n2cccc2)cc1)NCc1ccc(N2CCCC2=O)cc1. The van der Waals surface area contributed by atoms with E-state index in [0.29, 0.717) is 19.4 Å². The third-order valence-corrected chi connectivity index (χ3v) is 5.01.